The maximum absolute atomic E-state index is 12.4. The van der Waals surface area contributed by atoms with Crippen molar-refractivity contribution in [2.24, 2.45) is 0 Å². The Hall–Kier alpha value is -2.13. The van der Waals surface area contributed by atoms with Crippen molar-refractivity contribution >= 4 is 11.6 Å². The van der Waals surface area contributed by atoms with Gasteiger partial charge in [0.25, 0.3) is 0 Å². The lowest BCUT2D eigenvalue weighted by molar-refractivity contribution is -0.117. The largest absolute Gasteiger partial charge is 0.325 e. The van der Waals surface area contributed by atoms with Gasteiger partial charge in [0.1, 0.15) is 0 Å². The molecule has 0 aliphatic heterocycles. The van der Waals surface area contributed by atoms with Crippen LogP contribution in [0, 0.1) is 0 Å². The molecule has 0 aromatic heterocycles. The number of rotatable bonds is 4. The number of hydrogen-bond acceptors (Lipinski definition) is 2. The number of nitrogens with zero attached hydrogens (tertiary/aromatic N) is 1. The number of carbonyl (C=O) groups excluding carboxylic acids is 1. The lowest BCUT2D eigenvalue weighted by atomic mass is 10.1. The molecule has 2 aromatic rings. The van der Waals surface area contributed by atoms with Crippen LogP contribution < -0.4 is 5.32 Å². The minimum absolute atomic E-state index is 0.0693. The molecule has 24 heavy (non-hydrogen) atoms. The zero-order valence-electron chi connectivity index (χ0n) is 14.2. The summed E-state index contributed by atoms with van der Waals surface area (Å²) in [4.78, 5) is 14.6. The zero-order chi connectivity index (χ0) is 16.5. The Balaban J connectivity index is 1.39. The van der Waals surface area contributed by atoms with Crippen LogP contribution in [0.5, 0.6) is 0 Å². The van der Waals surface area contributed by atoms with E-state index in [4.69, 9.17) is 0 Å². The number of hydrogen-bond donors (Lipinski definition) is 1. The first-order valence-corrected chi connectivity index (χ1v) is 8.90. The number of benzene rings is 2. The molecule has 1 atom stereocenters. The van der Waals surface area contributed by atoms with Crippen molar-refractivity contribution in [1.82, 2.24) is 4.90 Å². The molecule has 0 fully saturated rings. The molecular weight excluding hydrogens is 296 g/mol. The molecule has 0 saturated carbocycles. The average molecular weight is 320 g/mol. The highest BCUT2D eigenvalue weighted by molar-refractivity contribution is 5.92. The van der Waals surface area contributed by atoms with Crippen molar-refractivity contribution in [3.05, 3.63) is 64.7 Å². The first kappa shape index (κ1) is 15.4. The molecular formula is C21H24N2O. The van der Waals surface area contributed by atoms with Gasteiger partial charge in [0.15, 0.2) is 0 Å². The molecule has 3 nitrogen and oxygen atoms in total. The van der Waals surface area contributed by atoms with Crippen molar-refractivity contribution in [2.75, 3.05) is 18.9 Å². The quantitative estimate of drug-likeness (QED) is 0.931. The maximum atomic E-state index is 12.4. The number of aryl methyl sites for hydroxylation is 3. The summed E-state index contributed by atoms with van der Waals surface area (Å²) in [6.07, 6.45) is 5.75. The van der Waals surface area contributed by atoms with E-state index in [1.54, 1.807) is 0 Å². The van der Waals surface area contributed by atoms with Crippen LogP contribution in [0.3, 0.4) is 0 Å². The second-order valence-electron chi connectivity index (χ2n) is 7.05. The van der Waals surface area contributed by atoms with Crippen molar-refractivity contribution in [1.29, 1.82) is 0 Å². The summed E-state index contributed by atoms with van der Waals surface area (Å²) in [5, 5.41) is 3.07. The van der Waals surface area contributed by atoms with E-state index in [0.29, 0.717) is 12.6 Å². The maximum Gasteiger partial charge on any atom is 0.238 e. The molecule has 2 aliphatic carbocycles. The van der Waals surface area contributed by atoms with E-state index < -0.39 is 0 Å². The van der Waals surface area contributed by atoms with Crippen LogP contribution in [-0.2, 0) is 24.1 Å². The van der Waals surface area contributed by atoms with Gasteiger partial charge in [0.05, 0.1) is 6.54 Å². The third-order valence-corrected chi connectivity index (χ3v) is 5.41. The fraction of sp³-hybridized carbons (Fsp3) is 0.381. The number of anilines is 1. The number of nitrogens with one attached hydrogen (secondary N) is 1. The van der Waals surface area contributed by atoms with Crippen LogP contribution in [-0.4, -0.2) is 24.4 Å². The fourth-order valence-electron chi connectivity index (χ4n) is 4.18. The molecule has 0 heterocycles. The predicted molar refractivity (Wildman–Crippen MR) is 97.2 cm³/mol. The summed E-state index contributed by atoms with van der Waals surface area (Å²) >= 11 is 0. The topological polar surface area (TPSA) is 32.3 Å². The van der Waals surface area contributed by atoms with E-state index in [1.807, 2.05) is 6.07 Å². The summed E-state index contributed by atoms with van der Waals surface area (Å²) in [7, 11) is 2.05. The molecule has 124 valence electrons. The molecule has 2 aliphatic rings. The molecule has 0 radical (unpaired) electrons. The number of fused-ring (bicyclic) bond motifs is 2. The highest BCUT2D eigenvalue weighted by atomic mass is 16.2. The van der Waals surface area contributed by atoms with Gasteiger partial charge in [0.2, 0.25) is 5.91 Å². The Kier molecular flexibility index (Phi) is 4.11. The predicted octanol–water partition coefficient (Wildman–Crippen LogP) is 3.73. The molecule has 2 aromatic carbocycles. The summed E-state index contributed by atoms with van der Waals surface area (Å²) in [5.41, 5.74) is 6.57. The minimum Gasteiger partial charge on any atom is -0.325 e. The highest BCUT2D eigenvalue weighted by Gasteiger charge is 2.26. The molecule has 1 amide bonds. The molecule has 0 spiro atoms. The van der Waals surface area contributed by atoms with Crippen molar-refractivity contribution in [2.45, 2.75) is 38.1 Å². The van der Waals surface area contributed by atoms with E-state index in [-0.39, 0.29) is 5.91 Å². The van der Waals surface area contributed by atoms with Crippen LogP contribution in [0.15, 0.2) is 42.5 Å². The van der Waals surface area contributed by atoms with Gasteiger partial charge in [-0.1, -0.05) is 30.3 Å². The van der Waals surface area contributed by atoms with Crippen molar-refractivity contribution in [3.8, 4) is 0 Å². The average Bonchev–Trinajstić information content (AvgIpc) is 3.20. The van der Waals surface area contributed by atoms with Gasteiger partial charge in [-0.15, -0.1) is 0 Å². The smallest absolute Gasteiger partial charge is 0.238 e. The molecule has 0 bridgehead atoms. The van der Waals surface area contributed by atoms with Crippen LogP contribution in [0.2, 0.25) is 0 Å². The summed E-state index contributed by atoms with van der Waals surface area (Å²) < 4.78 is 0. The van der Waals surface area contributed by atoms with Gasteiger partial charge >= 0.3 is 0 Å². The second kappa shape index (κ2) is 6.40. The number of amides is 1. The Morgan fingerprint density at radius 1 is 1.08 bits per heavy atom. The Morgan fingerprint density at radius 3 is 2.83 bits per heavy atom. The zero-order valence-corrected chi connectivity index (χ0v) is 14.2. The van der Waals surface area contributed by atoms with Gasteiger partial charge < -0.3 is 5.32 Å². The van der Waals surface area contributed by atoms with Crippen molar-refractivity contribution in [3.63, 3.8) is 0 Å². The molecule has 0 saturated heterocycles. The lowest BCUT2D eigenvalue weighted by Gasteiger charge is -2.24. The van der Waals surface area contributed by atoms with Gasteiger partial charge in [-0.2, -0.15) is 0 Å². The van der Waals surface area contributed by atoms with E-state index in [0.717, 1.165) is 24.9 Å². The summed E-state index contributed by atoms with van der Waals surface area (Å²) in [6, 6.07) is 15.3. The Labute approximate surface area is 143 Å². The first-order chi connectivity index (χ1) is 11.7. The van der Waals surface area contributed by atoms with E-state index in [1.165, 1.54) is 35.1 Å². The van der Waals surface area contributed by atoms with Crippen LogP contribution in [0.4, 0.5) is 5.69 Å². The van der Waals surface area contributed by atoms with Gasteiger partial charge in [-0.3, -0.25) is 9.69 Å². The Morgan fingerprint density at radius 2 is 1.92 bits per heavy atom. The third kappa shape index (κ3) is 2.96. The lowest BCUT2D eigenvalue weighted by Crippen LogP contribution is -2.32. The molecule has 4 rings (SSSR count). The summed E-state index contributed by atoms with van der Waals surface area (Å²) in [6.45, 7) is 0.427. The fourth-order valence-corrected chi connectivity index (χ4v) is 4.18. The standard InChI is InChI=1S/C21H24N2O/c1-23(20-12-10-16-5-2-3-8-19(16)20)14-21(24)22-18-11-9-15-6-4-7-17(15)13-18/h2-3,5,8-9,11,13,20H,4,6-7,10,12,14H2,1H3,(H,22,24)/t20-/m0/s1. The van der Waals surface area contributed by atoms with Gasteiger partial charge in [-0.25, -0.2) is 0 Å². The monoisotopic (exact) mass is 320 g/mol. The SMILES string of the molecule is CN(CC(=O)Nc1ccc2c(c1)CCC2)[C@H]1CCc2ccccc21. The van der Waals surface area contributed by atoms with E-state index in [2.05, 4.69) is 53.7 Å². The third-order valence-electron chi connectivity index (χ3n) is 5.41. The van der Waals surface area contributed by atoms with Crippen LogP contribution in [0.25, 0.3) is 0 Å². The van der Waals surface area contributed by atoms with Gasteiger partial charge in [-0.05, 0) is 73.5 Å². The second-order valence-corrected chi connectivity index (χ2v) is 7.05. The van der Waals surface area contributed by atoms with Crippen LogP contribution in [0.1, 0.15) is 41.1 Å². The molecule has 0 unspecified atom stereocenters. The van der Waals surface area contributed by atoms with E-state index in [9.17, 15) is 4.79 Å². The van der Waals surface area contributed by atoms with Crippen molar-refractivity contribution < 1.29 is 4.79 Å². The Bertz CT molecular complexity index is 768. The molecule has 1 N–H and O–H groups in total. The highest BCUT2D eigenvalue weighted by Crippen LogP contribution is 2.34. The van der Waals surface area contributed by atoms with E-state index >= 15 is 0 Å². The van der Waals surface area contributed by atoms with Crippen LogP contribution >= 0.6 is 0 Å². The normalized spacial score (nSPS) is 18.5. The summed E-state index contributed by atoms with van der Waals surface area (Å²) in [5.74, 6) is 0.0693. The number of carbonyl (C=O) groups is 1. The molecule has 3 heteroatoms. The number of likely N-dealkylation sites (N-methyl/N-ethyl adjacent to an activating group) is 1. The first-order valence-electron chi connectivity index (χ1n) is 8.90. The van der Waals surface area contributed by atoms with Gasteiger partial charge in [0, 0.05) is 11.7 Å². The minimum atomic E-state index is 0.0693.